The van der Waals surface area contributed by atoms with Gasteiger partial charge in [0.25, 0.3) is 11.5 Å². The molecule has 1 N–H and O–H groups in total. The Morgan fingerprint density at radius 2 is 1.88 bits per heavy atom. The number of allylic oxidation sites excluding steroid dienone is 2. The van der Waals surface area contributed by atoms with E-state index in [1.807, 2.05) is 18.2 Å². The zero-order valence-corrected chi connectivity index (χ0v) is 24.0. The molecule has 5 aliphatic rings. The van der Waals surface area contributed by atoms with Gasteiger partial charge in [0.15, 0.2) is 29.6 Å². The minimum absolute atomic E-state index is 0.000670. The van der Waals surface area contributed by atoms with Gasteiger partial charge in [0.1, 0.15) is 5.39 Å². The van der Waals surface area contributed by atoms with Crippen LogP contribution in [0.3, 0.4) is 0 Å². The number of rotatable bonds is 2. The molecule has 1 amide bonds. The molecule has 2 fully saturated rings. The molecule has 2 spiro atoms. The first-order valence-corrected chi connectivity index (χ1v) is 15.1. The average molecular weight is 577 g/mol. The second-order valence-corrected chi connectivity index (χ2v) is 13.0. The van der Waals surface area contributed by atoms with Crippen molar-refractivity contribution in [1.82, 2.24) is 29.2 Å². The Labute approximate surface area is 247 Å². The van der Waals surface area contributed by atoms with Crippen molar-refractivity contribution in [1.29, 1.82) is 0 Å². The molecule has 11 nitrogen and oxygen atoms in total. The number of amides is 1. The molecule has 0 atom stereocenters. The average Bonchev–Trinajstić information content (AvgIpc) is 3.92. The maximum absolute atomic E-state index is 13.7. The maximum atomic E-state index is 13.7. The van der Waals surface area contributed by atoms with Crippen LogP contribution in [-0.2, 0) is 23.3 Å². The number of ether oxygens (including phenoxy) is 1. The number of pyridine rings is 1. The van der Waals surface area contributed by atoms with Crippen LogP contribution in [0.5, 0.6) is 5.75 Å². The molecule has 3 aromatic heterocycles. The molecule has 4 aromatic rings. The molecule has 2 saturated carbocycles. The first kappa shape index (κ1) is 25.0. The van der Waals surface area contributed by atoms with Crippen LogP contribution in [0.2, 0.25) is 0 Å². The molecule has 2 aliphatic carbocycles. The van der Waals surface area contributed by atoms with Gasteiger partial charge in [-0.1, -0.05) is 18.2 Å². The molecule has 43 heavy (non-hydrogen) atoms. The van der Waals surface area contributed by atoms with E-state index >= 15 is 0 Å². The van der Waals surface area contributed by atoms with E-state index < -0.39 is 0 Å². The van der Waals surface area contributed by atoms with Crippen LogP contribution in [0.4, 0.5) is 17.5 Å². The SMILES string of the molecule is CN1Cc2cc(Nc3ncc4c(=O)n5n(c4n3)-c3ccc4c(n3)N(CC3(C/C=C\C5)CC3)C(=O)CO4)ccc2C2(CC2)C1. The highest BCUT2D eigenvalue weighted by molar-refractivity contribution is 5.97. The fraction of sp³-hybridized carbons (Fsp3) is 0.406. The highest BCUT2D eigenvalue weighted by Gasteiger charge is 2.48. The van der Waals surface area contributed by atoms with E-state index in [1.54, 1.807) is 20.5 Å². The monoisotopic (exact) mass is 576 g/mol. The van der Waals surface area contributed by atoms with Crippen molar-refractivity contribution in [3.63, 3.8) is 0 Å². The number of carbonyl (C=O) groups is 1. The number of aromatic nitrogens is 5. The van der Waals surface area contributed by atoms with E-state index in [0.29, 0.717) is 52.9 Å². The third-order valence-electron chi connectivity index (χ3n) is 9.87. The van der Waals surface area contributed by atoms with E-state index in [-0.39, 0.29) is 23.5 Å². The summed E-state index contributed by atoms with van der Waals surface area (Å²) in [5.74, 6) is 1.85. The topological polar surface area (TPSA) is 110 Å². The van der Waals surface area contributed by atoms with Crippen LogP contribution in [0.1, 0.15) is 43.2 Å². The van der Waals surface area contributed by atoms with E-state index in [4.69, 9.17) is 14.7 Å². The van der Waals surface area contributed by atoms with Gasteiger partial charge in [-0.05, 0) is 80.0 Å². The Kier molecular flexibility index (Phi) is 5.10. The zero-order chi connectivity index (χ0) is 28.9. The Balaban J connectivity index is 1.15. The van der Waals surface area contributed by atoms with E-state index in [9.17, 15) is 9.59 Å². The number of nitrogens with zero attached hydrogens (tertiary/aromatic N) is 7. The summed E-state index contributed by atoms with van der Waals surface area (Å²) in [6, 6.07) is 10.2. The smallest absolute Gasteiger partial charge is 0.278 e. The predicted molar refractivity (Wildman–Crippen MR) is 161 cm³/mol. The van der Waals surface area contributed by atoms with Crippen molar-refractivity contribution in [3.8, 4) is 11.6 Å². The number of hydrogen-bond acceptors (Lipinski definition) is 8. The minimum atomic E-state index is -0.195. The Hall–Kier alpha value is -4.51. The van der Waals surface area contributed by atoms with Crippen molar-refractivity contribution >= 4 is 34.4 Å². The molecule has 9 rings (SSSR count). The standard InChI is InChI=1S/C32H32N8O3/c1-37-16-20-14-21(4-5-23(20)32(19-37)11-12-32)34-30-33-15-22-27(36-30)40-25-7-6-24-28(35-25)38(26(41)17-43-24)18-31(9-10-31)8-2-3-13-39(40)29(22)42/h2-7,14-15H,8-13,16-19H2,1H3,(H,33,34,36)/b3-2-. The zero-order valence-electron chi connectivity index (χ0n) is 24.0. The van der Waals surface area contributed by atoms with E-state index in [2.05, 4.69) is 46.5 Å². The number of likely N-dealkylation sites (N-methyl/N-ethyl adjacent to an activating group) is 1. The fourth-order valence-corrected chi connectivity index (χ4v) is 7.26. The number of fused-ring (bicyclic) bond motifs is 7. The summed E-state index contributed by atoms with van der Waals surface area (Å²) in [7, 11) is 2.18. The summed E-state index contributed by atoms with van der Waals surface area (Å²) >= 11 is 0. The lowest BCUT2D eigenvalue weighted by Crippen LogP contribution is -2.43. The second kappa shape index (κ2) is 8.76. The fourth-order valence-electron chi connectivity index (χ4n) is 7.26. The normalized spacial score (nSPS) is 21.9. The van der Waals surface area contributed by atoms with Crippen LogP contribution in [-0.4, -0.2) is 61.9 Å². The van der Waals surface area contributed by atoms with Gasteiger partial charge >= 0.3 is 0 Å². The summed E-state index contributed by atoms with van der Waals surface area (Å²) in [6.45, 7) is 3.00. The quantitative estimate of drug-likeness (QED) is 0.360. The van der Waals surface area contributed by atoms with Crippen LogP contribution < -0.4 is 20.5 Å². The summed E-state index contributed by atoms with van der Waals surface area (Å²) in [5.41, 5.74) is 4.32. The second-order valence-electron chi connectivity index (χ2n) is 13.0. The number of hydrogen-bond donors (Lipinski definition) is 1. The lowest BCUT2D eigenvalue weighted by molar-refractivity contribution is -0.121. The Bertz CT molecular complexity index is 1930. The summed E-state index contributed by atoms with van der Waals surface area (Å²) in [4.78, 5) is 45.2. The summed E-state index contributed by atoms with van der Waals surface area (Å²) in [6.07, 6.45) is 11.2. The van der Waals surface area contributed by atoms with E-state index in [1.165, 1.54) is 24.0 Å². The van der Waals surface area contributed by atoms with Crippen molar-refractivity contribution in [2.75, 3.05) is 37.0 Å². The third kappa shape index (κ3) is 3.94. The molecule has 0 saturated heterocycles. The van der Waals surface area contributed by atoms with Crippen LogP contribution in [0.25, 0.3) is 16.9 Å². The summed E-state index contributed by atoms with van der Waals surface area (Å²) in [5, 5.41) is 3.79. The van der Waals surface area contributed by atoms with Gasteiger partial charge in [0.2, 0.25) is 5.95 Å². The maximum Gasteiger partial charge on any atom is 0.278 e. The van der Waals surface area contributed by atoms with Crippen molar-refractivity contribution < 1.29 is 9.53 Å². The minimum Gasteiger partial charge on any atom is -0.480 e. The molecule has 218 valence electrons. The molecule has 0 unspecified atom stereocenters. The van der Waals surface area contributed by atoms with Gasteiger partial charge in [0, 0.05) is 36.9 Å². The molecular weight excluding hydrogens is 544 g/mol. The molecule has 1 aromatic carbocycles. The van der Waals surface area contributed by atoms with Crippen LogP contribution >= 0.6 is 0 Å². The summed E-state index contributed by atoms with van der Waals surface area (Å²) < 4.78 is 9.12. The number of anilines is 3. The van der Waals surface area contributed by atoms with Gasteiger partial charge in [-0.25, -0.2) is 19.3 Å². The van der Waals surface area contributed by atoms with Crippen molar-refractivity contribution in [2.45, 2.75) is 50.6 Å². The highest BCUT2D eigenvalue weighted by atomic mass is 16.5. The molecule has 3 aliphatic heterocycles. The third-order valence-corrected chi connectivity index (χ3v) is 9.87. The first-order valence-electron chi connectivity index (χ1n) is 15.1. The molecular formula is C32H32N8O3. The Morgan fingerprint density at radius 1 is 1.00 bits per heavy atom. The van der Waals surface area contributed by atoms with Crippen LogP contribution in [0.15, 0.2) is 53.5 Å². The number of benzene rings is 1. The molecule has 0 radical (unpaired) electrons. The lowest BCUT2D eigenvalue weighted by Gasteiger charge is -2.32. The largest absolute Gasteiger partial charge is 0.480 e. The van der Waals surface area contributed by atoms with Gasteiger partial charge in [0.05, 0.1) is 6.54 Å². The highest BCUT2D eigenvalue weighted by Crippen LogP contribution is 2.53. The van der Waals surface area contributed by atoms with Gasteiger partial charge < -0.3 is 15.0 Å². The van der Waals surface area contributed by atoms with Gasteiger partial charge in [-0.15, -0.1) is 0 Å². The molecule has 2 bridgehead atoms. The van der Waals surface area contributed by atoms with Gasteiger partial charge in [-0.2, -0.15) is 4.98 Å². The lowest BCUT2D eigenvalue weighted by atomic mass is 9.87. The van der Waals surface area contributed by atoms with Crippen molar-refractivity contribution in [3.05, 3.63) is 70.2 Å². The van der Waals surface area contributed by atoms with E-state index in [0.717, 1.165) is 38.0 Å². The Morgan fingerprint density at radius 3 is 2.72 bits per heavy atom. The predicted octanol–water partition coefficient (Wildman–Crippen LogP) is 3.66. The number of carbonyl (C=O) groups excluding carboxylic acids is 1. The van der Waals surface area contributed by atoms with Crippen LogP contribution in [0, 0.1) is 5.41 Å². The number of nitrogens with one attached hydrogen (secondary N) is 1. The molecule has 11 heteroatoms. The molecule has 6 heterocycles. The van der Waals surface area contributed by atoms with Gasteiger partial charge in [-0.3, -0.25) is 14.5 Å². The van der Waals surface area contributed by atoms with Crippen molar-refractivity contribution in [2.24, 2.45) is 5.41 Å². The first-order chi connectivity index (χ1) is 20.9.